The molecule has 0 unspecified atom stereocenters. The highest BCUT2D eigenvalue weighted by molar-refractivity contribution is 6.00. The molecule has 1 saturated carbocycles. The van der Waals surface area contributed by atoms with E-state index < -0.39 is 28.9 Å². The Morgan fingerprint density at radius 1 is 1.09 bits per heavy atom. The zero-order valence-electron chi connectivity index (χ0n) is 20.3. The molecule has 2 aliphatic heterocycles. The Bertz CT molecular complexity index is 979. The molecular formula is C25H33F2N3O4. The Hall–Kier alpha value is -2.71. The van der Waals surface area contributed by atoms with Gasteiger partial charge in [-0.2, -0.15) is 0 Å². The molecule has 1 aliphatic carbocycles. The first-order chi connectivity index (χ1) is 15.9. The van der Waals surface area contributed by atoms with E-state index in [0.29, 0.717) is 11.5 Å². The molecular weight excluding hydrogens is 444 g/mol. The number of halogens is 2. The number of carbonyl (C=O) groups excluding carboxylic acids is 3. The summed E-state index contributed by atoms with van der Waals surface area (Å²) in [5, 5.41) is 0. The Morgan fingerprint density at radius 3 is 2.32 bits per heavy atom. The lowest BCUT2D eigenvalue weighted by atomic mass is 9.80. The summed E-state index contributed by atoms with van der Waals surface area (Å²) in [5.41, 5.74) is -1.54. The van der Waals surface area contributed by atoms with Crippen molar-refractivity contribution in [3.8, 4) is 0 Å². The number of hydrogen-bond donors (Lipinski definition) is 0. The lowest BCUT2D eigenvalue weighted by Crippen LogP contribution is -2.81. The van der Waals surface area contributed by atoms with Gasteiger partial charge in [-0.1, -0.05) is 13.0 Å². The van der Waals surface area contributed by atoms with Crippen molar-refractivity contribution in [3.05, 3.63) is 35.4 Å². The van der Waals surface area contributed by atoms with Gasteiger partial charge in [0.2, 0.25) is 5.91 Å². The predicted molar refractivity (Wildman–Crippen MR) is 121 cm³/mol. The van der Waals surface area contributed by atoms with E-state index in [9.17, 15) is 23.2 Å². The summed E-state index contributed by atoms with van der Waals surface area (Å²) in [6, 6.07) is 3.45. The van der Waals surface area contributed by atoms with Gasteiger partial charge in [-0.3, -0.25) is 9.59 Å². The summed E-state index contributed by atoms with van der Waals surface area (Å²) in [6.07, 6.45) is 3.13. The number of hydrogen-bond acceptors (Lipinski definition) is 4. The largest absolute Gasteiger partial charge is 0.444 e. The average Bonchev–Trinajstić information content (AvgIpc) is 2.71. The van der Waals surface area contributed by atoms with E-state index in [4.69, 9.17) is 4.74 Å². The van der Waals surface area contributed by atoms with Crippen LogP contribution in [-0.4, -0.2) is 69.4 Å². The Morgan fingerprint density at radius 2 is 1.74 bits per heavy atom. The van der Waals surface area contributed by atoms with Crippen LogP contribution < -0.4 is 0 Å². The molecule has 0 atom stereocenters. The molecule has 0 bridgehead atoms. The monoisotopic (exact) mass is 477 g/mol. The third-order valence-electron chi connectivity index (χ3n) is 7.09. The maximum Gasteiger partial charge on any atom is 0.410 e. The fourth-order valence-electron chi connectivity index (χ4n) is 5.18. The van der Waals surface area contributed by atoms with Gasteiger partial charge >= 0.3 is 6.09 Å². The number of piperazine rings is 1. The van der Waals surface area contributed by atoms with Crippen LogP contribution in [0.25, 0.3) is 0 Å². The highest BCUT2D eigenvalue weighted by atomic mass is 19.2. The molecule has 4 rings (SSSR count). The number of rotatable bonds is 3. The molecule has 9 heteroatoms. The van der Waals surface area contributed by atoms with Crippen LogP contribution in [0.1, 0.15) is 58.9 Å². The van der Waals surface area contributed by atoms with E-state index in [1.165, 1.54) is 15.9 Å². The van der Waals surface area contributed by atoms with E-state index in [1.807, 2.05) is 0 Å². The number of benzene rings is 1. The number of likely N-dealkylation sites (tertiary alicyclic amines) is 1. The molecule has 186 valence electrons. The number of carbonyl (C=O) groups is 3. The fraction of sp³-hybridized carbons (Fsp3) is 0.640. The van der Waals surface area contributed by atoms with Crippen molar-refractivity contribution in [2.75, 3.05) is 19.6 Å². The van der Waals surface area contributed by atoms with E-state index in [0.717, 1.165) is 37.8 Å². The topological polar surface area (TPSA) is 70.2 Å². The van der Waals surface area contributed by atoms with Crippen LogP contribution in [-0.2, 0) is 20.9 Å². The molecule has 3 aliphatic rings. The van der Waals surface area contributed by atoms with E-state index in [-0.39, 0.29) is 44.0 Å². The average molecular weight is 478 g/mol. The van der Waals surface area contributed by atoms with Crippen LogP contribution in [0.3, 0.4) is 0 Å². The maximum absolute atomic E-state index is 13.9. The lowest BCUT2D eigenvalue weighted by molar-refractivity contribution is -0.181. The maximum atomic E-state index is 13.9. The van der Waals surface area contributed by atoms with Gasteiger partial charge in [0.05, 0.1) is 13.1 Å². The normalized spacial score (nSPS) is 24.9. The molecule has 1 aromatic carbocycles. The molecule has 2 saturated heterocycles. The third-order valence-corrected chi connectivity index (χ3v) is 7.09. The Balaban J connectivity index is 1.60. The van der Waals surface area contributed by atoms with E-state index in [2.05, 4.69) is 6.92 Å². The number of amides is 3. The molecule has 0 aromatic heterocycles. The summed E-state index contributed by atoms with van der Waals surface area (Å²) in [4.78, 5) is 44.3. The van der Waals surface area contributed by atoms with Crippen molar-refractivity contribution < 1.29 is 27.9 Å². The van der Waals surface area contributed by atoms with Gasteiger partial charge in [-0.15, -0.1) is 0 Å². The smallest absolute Gasteiger partial charge is 0.410 e. The minimum absolute atomic E-state index is 0.00878. The minimum atomic E-state index is -1.24. The van der Waals surface area contributed by atoms with Crippen LogP contribution in [0.5, 0.6) is 0 Å². The summed E-state index contributed by atoms with van der Waals surface area (Å²) in [7, 11) is 0. The first-order valence-electron chi connectivity index (χ1n) is 11.9. The SMILES string of the molecule is CC1CCC(N2CC(=O)N(Cc3ccc(F)c(F)c3)C3(CN(C(=O)OC(C)(C)C)C3)C2=O)CC1. The quantitative estimate of drug-likeness (QED) is 0.666. The first kappa shape index (κ1) is 24.4. The highest BCUT2D eigenvalue weighted by Crippen LogP contribution is 2.38. The molecule has 0 radical (unpaired) electrons. The van der Waals surface area contributed by atoms with Gasteiger partial charge in [-0.05, 0) is 70.1 Å². The van der Waals surface area contributed by atoms with Gasteiger partial charge in [0, 0.05) is 12.6 Å². The van der Waals surface area contributed by atoms with Gasteiger partial charge in [0.15, 0.2) is 17.2 Å². The van der Waals surface area contributed by atoms with Crippen LogP contribution >= 0.6 is 0 Å². The fourth-order valence-corrected chi connectivity index (χ4v) is 5.18. The van der Waals surface area contributed by atoms with Crippen molar-refractivity contribution in [2.45, 2.75) is 77.1 Å². The van der Waals surface area contributed by atoms with Crippen molar-refractivity contribution in [1.82, 2.24) is 14.7 Å². The van der Waals surface area contributed by atoms with Crippen molar-refractivity contribution in [3.63, 3.8) is 0 Å². The minimum Gasteiger partial charge on any atom is -0.444 e. The second-order valence-electron chi connectivity index (χ2n) is 10.9. The van der Waals surface area contributed by atoms with E-state index >= 15 is 0 Å². The summed E-state index contributed by atoms with van der Waals surface area (Å²) in [5.74, 6) is -1.83. The third kappa shape index (κ3) is 4.61. The second kappa shape index (κ2) is 8.82. The molecule has 34 heavy (non-hydrogen) atoms. The molecule has 1 spiro atoms. The Kier molecular flexibility index (Phi) is 6.33. The number of nitrogens with zero attached hydrogens (tertiary/aromatic N) is 3. The van der Waals surface area contributed by atoms with E-state index in [1.54, 1.807) is 25.7 Å². The van der Waals surface area contributed by atoms with Crippen LogP contribution in [0, 0.1) is 17.6 Å². The van der Waals surface area contributed by atoms with Gasteiger partial charge in [0.25, 0.3) is 5.91 Å². The van der Waals surface area contributed by atoms with Gasteiger partial charge in [-0.25, -0.2) is 13.6 Å². The molecule has 0 N–H and O–H groups in total. The zero-order valence-corrected chi connectivity index (χ0v) is 20.3. The van der Waals surface area contributed by atoms with Crippen molar-refractivity contribution >= 4 is 17.9 Å². The zero-order chi connectivity index (χ0) is 24.8. The highest BCUT2D eigenvalue weighted by Gasteiger charge is 2.62. The summed E-state index contributed by atoms with van der Waals surface area (Å²) < 4.78 is 32.7. The summed E-state index contributed by atoms with van der Waals surface area (Å²) >= 11 is 0. The Labute approximate surface area is 199 Å². The van der Waals surface area contributed by atoms with Gasteiger partial charge in [0.1, 0.15) is 12.1 Å². The standard InChI is InChI=1S/C25H33F2N3O4/c1-16-5-8-18(9-6-16)29-13-21(31)30(12-17-7-10-19(26)20(27)11-17)25(22(29)32)14-28(15-25)23(33)34-24(2,3)4/h7,10-11,16,18H,5-6,8-9,12-15H2,1-4H3. The van der Waals surface area contributed by atoms with Crippen LogP contribution in [0.2, 0.25) is 0 Å². The van der Waals surface area contributed by atoms with Crippen LogP contribution in [0.15, 0.2) is 18.2 Å². The second-order valence-corrected chi connectivity index (χ2v) is 10.9. The van der Waals surface area contributed by atoms with Crippen molar-refractivity contribution in [2.24, 2.45) is 5.92 Å². The lowest BCUT2D eigenvalue weighted by Gasteiger charge is -2.58. The molecule has 3 fully saturated rings. The molecule has 1 aromatic rings. The molecule has 3 amide bonds. The van der Waals surface area contributed by atoms with Crippen LogP contribution in [0.4, 0.5) is 13.6 Å². The summed E-state index contributed by atoms with van der Waals surface area (Å²) in [6.45, 7) is 7.40. The van der Waals surface area contributed by atoms with Gasteiger partial charge < -0.3 is 19.4 Å². The van der Waals surface area contributed by atoms with Crippen molar-refractivity contribution in [1.29, 1.82) is 0 Å². The first-order valence-corrected chi connectivity index (χ1v) is 11.9. The molecule has 2 heterocycles. The number of ether oxygens (including phenoxy) is 1. The molecule has 7 nitrogen and oxygen atoms in total. The predicted octanol–water partition coefficient (Wildman–Crippen LogP) is 3.70.